The Hall–Kier alpha value is -1.95. The zero-order chi connectivity index (χ0) is 21.6. The van der Waals surface area contributed by atoms with Crippen LogP contribution in [0.4, 0.5) is 0 Å². The van der Waals surface area contributed by atoms with E-state index in [4.69, 9.17) is 14.5 Å². The van der Waals surface area contributed by atoms with Crippen molar-refractivity contribution in [2.45, 2.75) is 66.5 Å². The SMILES string of the molecule is CCNC(=NCCCCN(C)C(C)C)NC(C)c1ccc(OCC)c(OCC)c1. The van der Waals surface area contributed by atoms with Crippen molar-refractivity contribution in [1.29, 1.82) is 0 Å². The molecule has 1 aromatic carbocycles. The number of hydrogen-bond donors (Lipinski definition) is 2. The van der Waals surface area contributed by atoms with Crippen molar-refractivity contribution in [3.05, 3.63) is 23.8 Å². The molecule has 0 fully saturated rings. The summed E-state index contributed by atoms with van der Waals surface area (Å²) >= 11 is 0. The van der Waals surface area contributed by atoms with Crippen LogP contribution in [0.5, 0.6) is 11.5 Å². The Balaban J connectivity index is 2.68. The van der Waals surface area contributed by atoms with Crippen LogP contribution in [0.25, 0.3) is 0 Å². The molecule has 29 heavy (non-hydrogen) atoms. The monoisotopic (exact) mass is 406 g/mol. The minimum absolute atomic E-state index is 0.106. The van der Waals surface area contributed by atoms with Crippen LogP contribution in [0.2, 0.25) is 0 Å². The molecule has 0 saturated heterocycles. The maximum absolute atomic E-state index is 5.76. The fourth-order valence-electron chi connectivity index (χ4n) is 2.87. The molecule has 0 saturated carbocycles. The van der Waals surface area contributed by atoms with Crippen LogP contribution in [0.15, 0.2) is 23.2 Å². The fourth-order valence-corrected chi connectivity index (χ4v) is 2.87. The van der Waals surface area contributed by atoms with Crippen LogP contribution in [-0.2, 0) is 0 Å². The van der Waals surface area contributed by atoms with Gasteiger partial charge in [-0.25, -0.2) is 0 Å². The summed E-state index contributed by atoms with van der Waals surface area (Å²) in [7, 11) is 2.18. The van der Waals surface area contributed by atoms with Crippen molar-refractivity contribution in [2.75, 3.05) is 39.9 Å². The van der Waals surface area contributed by atoms with Crippen molar-refractivity contribution in [1.82, 2.24) is 15.5 Å². The zero-order valence-corrected chi connectivity index (χ0v) is 19.5. The maximum Gasteiger partial charge on any atom is 0.191 e. The third kappa shape index (κ3) is 9.39. The van der Waals surface area contributed by atoms with E-state index in [-0.39, 0.29) is 6.04 Å². The van der Waals surface area contributed by atoms with Crippen LogP contribution < -0.4 is 20.1 Å². The van der Waals surface area contributed by atoms with E-state index in [9.17, 15) is 0 Å². The number of rotatable bonds is 13. The number of benzene rings is 1. The number of unbranched alkanes of at least 4 members (excludes halogenated alkanes) is 1. The minimum Gasteiger partial charge on any atom is -0.490 e. The van der Waals surface area contributed by atoms with E-state index in [1.807, 2.05) is 19.9 Å². The highest BCUT2D eigenvalue weighted by molar-refractivity contribution is 5.80. The Morgan fingerprint density at radius 1 is 1.03 bits per heavy atom. The van der Waals surface area contributed by atoms with Crippen molar-refractivity contribution < 1.29 is 9.47 Å². The van der Waals surface area contributed by atoms with E-state index in [1.54, 1.807) is 0 Å². The topological polar surface area (TPSA) is 58.1 Å². The Bertz CT molecular complexity index is 605. The van der Waals surface area contributed by atoms with Gasteiger partial charge in [-0.2, -0.15) is 0 Å². The van der Waals surface area contributed by atoms with E-state index in [1.165, 1.54) is 0 Å². The summed E-state index contributed by atoms with van der Waals surface area (Å²) in [6, 6.07) is 6.81. The highest BCUT2D eigenvalue weighted by atomic mass is 16.5. The molecular weight excluding hydrogens is 364 g/mol. The van der Waals surface area contributed by atoms with E-state index < -0.39 is 0 Å². The van der Waals surface area contributed by atoms with Gasteiger partial charge in [0.2, 0.25) is 0 Å². The molecule has 2 N–H and O–H groups in total. The second-order valence-electron chi connectivity index (χ2n) is 7.48. The lowest BCUT2D eigenvalue weighted by molar-refractivity contribution is 0.269. The molecule has 0 bridgehead atoms. The summed E-state index contributed by atoms with van der Waals surface area (Å²) < 4.78 is 11.4. The van der Waals surface area contributed by atoms with E-state index >= 15 is 0 Å². The number of ether oxygens (including phenoxy) is 2. The third-order valence-corrected chi connectivity index (χ3v) is 4.84. The predicted octanol–water partition coefficient (Wildman–Crippen LogP) is 4.22. The Morgan fingerprint density at radius 2 is 1.72 bits per heavy atom. The summed E-state index contributed by atoms with van der Waals surface area (Å²) in [5, 5.41) is 6.85. The smallest absolute Gasteiger partial charge is 0.191 e. The molecule has 0 heterocycles. The first-order valence-corrected chi connectivity index (χ1v) is 11.1. The third-order valence-electron chi connectivity index (χ3n) is 4.84. The normalized spacial score (nSPS) is 12.9. The number of nitrogens with zero attached hydrogens (tertiary/aromatic N) is 2. The molecule has 1 unspecified atom stereocenters. The average Bonchev–Trinajstić information content (AvgIpc) is 2.69. The Morgan fingerprint density at radius 3 is 2.34 bits per heavy atom. The van der Waals surface area contributed by atoms with Crippen LogP contribution in [0.1, 0.15) is 66.0 Å². The van der Waals surface area contributed by atoms with Gasteiger partial charge in [0.1, 0.15) is 0 Å². The van der Waals surface area contributed by atoms with E-state index in [0.717, 1.165) is 55.5 Å². The molecule has 0 spiro atoms. The average molecular weight is 407 g/mol. The minimum atomic E-state index is 0.106. The molecule has 0 aliphatic carbocycles. The van der Waals surface area contributed by atoms with E-state index in [0.29, 0.717) is 19.3 Å². The fraction of sp³-hybridized carbons (Fsp3) is 0.696. The summed E-state index contributed by atoms with van der Waals surface area (Å²) in [5.41, 5.74) is 1.14. The molecule has 1 rings (SSSR count). The summed E-state index contributed by atoms with van der Waals surface area (Å²) in [5.74, 6) is 2.43. The molecule has 0 aliphatic rings. The van der Waals surface area contributed by atoms with Crippen LogP contribution in [-0.4, -0.2) is 56.8 Å². The van der Waals surface area contributed by atoms with Gasteiger partial charge < -0.3 is 25.0 Å². The molecule has 1 aromatic rings. The van der Waals surface area contributed by atoms with Gasteiger partial charge in [-0.15, -0.1) is 0 Å². The summed E-state index contributed by atoms with van der Waals surface area (Å²) in [6.07, 6.45) is 2.24. The lowest BCUT2D eigenvalue weighted by Crippen LogP contribution is -2.38. The van der Waals surface area contributed by atoms with Crippen molar-refractivity contribution in [2.24, 2.45) is 4.99 Å². The molecule has 0 amide bonds. The zero-order valence-electron chi connectivity index (χ0n) is 19.5. The molecular formula is C23H42N4O2. The highest BCUT2D eigenvalue weighted by Gasteiger charge is 2.12. The van der Waals surface area contributed by atoms with Crippen LogP contribution >= 0.6 is 0 Å². The van der Waals surface area contributed by atoms with Gasteiger partial charge in [-0.1, -0.05) is 6.07 Å². The van der Waals surface area contributed by atoms with Crippen molar-refractivity contribution >= 4 is 5.96 Å². The molecule has 166 valence electrons. The number of nitrogens with one attached hydrogen (secondary N) is 2. The number of hydrogen-bond acceptors (Lipinski definition) is 4. The largest absolute Gasteiger partial charge is 0.490 e. The standard InChI is InChI=1S/C23H42N4O2/c1-8-24-23(25-15-11-12-16-27(7)18(4)5)26-19(6)20-13-14-21(28-9-2)22(17-20)29-10-3/h13-14,17-19H,8-12,15-16H2,1-7H3,(H2,24,25,26). The van der Waals surface area contributed by atoms with Crippen LogP contribution in [0.3, 0.4) is 0 Å². The van der Waals surface area contributed by atoms with Gasteiger partial charge in [-0.05, 0) is 85.7 Å². The van der Waals surface area contributed by atoms with Gasteiger partial charge in [0.05, 0.1) is 19.3 Å². The molecule has 6 heteroatoms. The molecule has 0 aromatic heterocycles. The molecule has 1 atom stereocenters. The summed E-state index contributed by atoms with van der Waals surface area (Å²) in [6.45, 7) is 16.6. The molecule has 6 nitrogen and oxygen atoms in total. The summed E-state index contributed by atoms with van der Waals surface area (Å²) in [4.78, 5) is 7.12. The van der Waals surface area contributed by atoms with Crippen LogP contribution in [0, 0.1) is 0 Å². The first kappa shape index (κ1) is 25.1. The maximum atomic E-state index is 5.76. The molecule has 0 radical (unpaired) electrons. The lowest BCUT2D eigenvalue weighted by atomic mass is 10.1. The first-order valence-electron chi connectivity index (χ1n) is 11.1. The number of guanidine groups is 1. The van der Waals surface area contributed by atoms with Gasteiger partial charge in [0.15, 0.2) is 17.5 Å². The van der Waals surface area contributed by atoms with Gasteiger partial charge in [0.25, 0.3) is 0 Å². The predicted molar refractivity (Wildman–Crippen MR) is 123 cm³/mol. The second-order valence-corrected chi connectivity index (χ2v) is 7.48. The quantitative estimate of drug-likeness (QED) is 0.292. The van der Waals surface area contributed by atoms with Gasteiger partial charge in [-0.3, -0.25) is 4.99 Å². The first-order chi connectivity index (χ1) is 13.9. The molecule has 0 aliphatic heterocycles. The Kier molecular flexibility index (Phi) is 12.2. The number of aliphatic imine (C=N–C) groups is 1. The van der Waals surface area contributed by atoms with E-state index in [2.05, 4.69) is 62.4 Å². The van der Waals surface area contributed by atoms with Crippen molar-refractivity contribution in [3.8, 4) is 11.5 Å². The Labute approximate surface area is 178 Å². The lowest BCUT2D eigenvalue weighted by Gasteiger charge is -2.21. The van der Waals surface area contributed by atoms with Crippen molar-refractivity contribution in [3.63, 3.8) is 0 Å². The van der Waals surface area contributed by atoms with Gasteiger partial charge in [0, 0.05) is 19.1 Å². The van der Waals surface area contributed by atoms with Gasteiger partial charge >= 0.3 is 0 Å². The second kappa shape index (κ2) is 14.1. The highest BCUT2D eigenvalue weighted by Crippen LogP contribution is 2.30.